The Kier molecular flexibility index (Phi) is 6.93. The lowest BCUT2D eigenvalue weighted by molar-refractivity contribution is 0.113. The third kappa shape index (κ3) is 4.87. The molecule has 0 radical (unpaired) electrons. The molecule has 1 aromatic rings. The molecule has 0 saturated carbocycles. The summed E-state index contributed by atoms with van der Waals surface area (Å²) >= 11 is 0. The molecule has 0 bridgehead atoms. The second-order valence-electron chi connectivity index (χ2n) is 4.26. The molecule has 1 heterocycles. The van der Waals surface area contributed by atoms with E-state index in [0.717, 1.165) is 6.42 Å². The first-order chi connectivity index (χ1) is 9.93. The number of halogens is 2. The maximum atomic E-state index is 12.5. The highest BCUT2D eigenvalue weighted by atomic mass is 32.2. The van der Waals surface area contributed by atoms with E-state index >= 15 is 0 Å². The van der Waals surface area contributed by atoms with E-state index in [1.165, 1.54) is 12.3 Å². The number of hydrogen-bond acceptors (Lipinski definition) is 5. The van der Waals surface area contributed by atoms with E-state index in [0.29, 0.717) is 10.8 Å². The quantitative estimate of drug-likeness (QED) is 0.712. The Hall–Kier alpha value is -1.32. The zero-order chi connectivity index (χ0) is 15.9. The molecule has 0 aliphatic rings. The molecule has 0 aliphatic heterocycles. The van der Waals surface area contributed by atoms with Crippen LogP contribution < -0.4 is 5.32 Å². The Morgan fingerprint density at radius 1 is 1.48 bits per heavy atom. The molecule has 1 rings (SSSR count). The summed E-state index contributed by atoms with van der Waals surface area (Å²) in [6.07, 6.45) is -0.781. The van der Waals surface area contributed by atoms with Gasteiger partial charge in [-0.05, 0) is 18.6 Å². The number of nitrogens with one attached hydrogen (secondary N) is 1. The van der Waals surface area contributed by atoms with Gasteiger partial charge < -0.3 is 10.4 Å². The largest absolute Gasteiger partial charge is 0.395 e. The lowest BCUT2D eigenvalue weighted by Crippen LogP contribution is -2.38. The summed E-state index contributed by atoms with van der Waals surface area (Å²) in [4.78, 5) is 3.80. The standard InChI is InChI=1S/C12H19F2N3O3S/c1-2-5-15-10-4-3-6-16-12(10)21(19,20)17(7-8-18)9-11(13)14/h3-4,6,11,15,18H,2,5,7-9H2,1H3. The van der Waals surface area contributed by atoms with Crippen molar-refractivity contribution in [1.82, 2.24) is 9.29 Å². The molecule has 0 aliphatic carbocycles. The maximum Gasteiger partial charge on any atom is 0.262 e. The molecule has 6 nitrogen and oxygen atoms in total. The minimum Gasteiger partial charge on any atom is -0.395 e. The predicted octanol–water partition coefficient (Wildman–Crippen LogP) is 1.15. The van der Waals surface area contributed by atoms with Crippen molar-refractivity contribution in [3.05, 3.63) is 18.3 Å². The van der Waals surface area contributed by atoms with E-state index in [1.807, 2.05) is 6.92 Å². The second kappa shape index (κ2) is 8.20. The molecular weight excluding hydrogens is 304 g/mol. The monoisotopic (exact) mass is 323 g/mol. The Morgan fingerprint density at radius 2 is 2.19 bits per heavy atom. The van der Waals surface area contributed by atoms with Crippen molar-refractivity contribution >= 4 is 15.7 Å². The van der Waals surface area contributed by atoms with Crippen LogP contribution in [0, 0.1) is 0 Å². The fraction of sp³-hybridized carbons (Fsp3) is 0.583. The van der Waals surface area contributed by atoms with Crippen molar-refractivity contribution in [3.63, 3.8) is 0 Å². The molecule has 2 N–H and O–H groups in total. The average Bonchev–Trinajstić information content (AvgIpc) is 2.44. The number of aliphatic hydroxyl groups is 1. The first kappa shape index (κ1) is 17.7. The fourth-order valence-corrected chi connectivity index (χ4v) is 3.18. The number of hydrogen-bond donors (Lipinski definition) is 2. The molecular formula is C12H19F2N3O3S. The van der Waals surface area contributed by atoms with E-state index < -0.39 is 36.1 Å². The van der Waals surface area contributed by atoms with Crippen LogP contribution in [0.25, 0.3) is 0 Å². The van der Waals surface area contributed by atoms with Gasteiger partial charge in [-0.1, -0.05) is 6.92 Å². The minimum atomic E-state index is -4.20. The third-order valence-electron chi connectivity index (χ3n) is 2.61. The number of anilines is 1. The van der Waals surface area contributed by atoms with Crippen LogP contribution in [0.15, 0.2) is 23.4 Å². The zero-order valence-electron chi connectivity index (χ0n) is 11.7. The molecule has 0 spiro atoms. The summed E-state index contributed by atoms with van der Waals surface area (Å²) in [5.41, 5.74) is 0.261. The summed E-state index contributed by atoms with van der Waals surface area (Å²) < 4.78 is 50.4. The number of alkyl halides is 2. The van der Waals surface area contributed by atoms with Gasteiger partial charge in [0.15, 0.2) is 5.03 Å². The highest BCUT2D eigenvalue weighted by Gasteiger charge is 2.30. The number of rotatable bonds is 9. The van der Waals surface area contributed by atoms with Crippen LogP contribution in [0.3, 0.4) is 0 Å². The number of nitrogens with zero attached hydrogens (tertiary/aromatic N) is 2. The van der Waals surface area contributed by atoms with Gasteiger partial charge in [-0.3, -0.25) is 0 Å². The normalized spacial score (nSPS) is 12.1. The Bertz CT molecular complexity index is 540. The van der Waals surface area contributed by atoms with E-state index in [-0.39, 0.29) is 10.7 Å². The van der Waals surface area contributed by atoms with Crippen molar-refractivity contribution in [2.45, 2.75) is 24.8 Å². The van der Waals surface area contributed by atoms with Crippen molar-refractivity contribution < 1.29 is 22.3 Å². The number of aromatic nitrogens is 1. The smallest absolute Gasteiger partial charge is 0.262 e. The summed E-state index contributed by atoms with van der Waals surface area (Å²) in [7, 11) is -4.20. The number of sulfonamides is 1. The van der Waals surface area contributed by atoms with E-state index in [2.05, 4.69) is 10.3 Å². The van der Waals surface area contributed by atoms with E-state index in [1.54, 1.807) is 6.07 Å². The summed E-state index contributed by atoms with van der Waals surface area (Å²) in [5, 5.41) is 11.5. The summed E-state index contributed by atoms with van der Waals surface area (Å²) in [6.45, 7) is 0.509. The zero-order valence-corrected chi connectivity index (χ0v) is 12.5. The van der Waals surface area contributed by atoms with Gasteiger partial charge in [0, 0.05) is 19.3 Å². The van der Waals surface area contributed by atoms with Gasteiger partial charge in [-0.15, -0.1) is 0 Å². The van der Waals surface area contributed by atoms with Crippen LogP contribution in [0.1, 0.15) is 13.3 Å². The first-order valence-electron chi connectivity index (χ1n) is 6.51. The number of pyridine rings is 1. The van der Waals surface area contributed by atoms with Crippen LogP contribution in [0.4, 0.5) is 14.5 Å². The lowest BCUT2D eigenvalue weighted by atomic mass is 10.4. The minimum absolute atomic E-state index is 0.261. The molecule has 0 unspecified atom stereocenters. The molecule has 120 valence electrons. The van der Waals surface area contributed by atoms with E-state index in [4.69, 9.17) is 5.11 Å². The number of aliphatic hydroxyl groups excluding tert-OH is 1. The van der Waals surface area contributed by atoms with Gasteiger partial charge in [0.1, 0.15) is 0 Å². The molecule has 0 fully saturated rings. The van der Waals surface area contributed by atoms with Crippen molar-refractivity contribution in [2.24, 2.45) is 0 Å². The topological polar surface area (TPSA) is 82.5 Å². The van der Waals surface area contributed by atoms with Crippen molar-refractivity contribution in [1.29, 1.82) is 0 Å². The SMILES string of the molecule is CCCNc1cccnc1S(=O)(=O)N(CCO)CC(F)F. The van der Waals surface area contributed by atoms with Crippen LogP contribution in [-0.2, 0) is 10.0 Å². The molecule has 21 heavy (non-hydrogen) atoms. The lowest BCUT2D eigenvalue weighted by Gasteiger charge is -2.21. The predicted molar refractivity (Wildman–Crippen MR) is 74.9 cm³/mol. The molecule has 1 aromatic heterocycles. The highest BCUT2D eigenvalue weighted by Crippen LogP contribution is 2.22. The van der Waals surface area contributed by atoms with Crippen molar-refractivity contribution in [3.8, 4) is 0 Å². The maximum absolute atomic E-state index is 12.5. The molecule has 0 saturated heterocycles. The Morgan fingerprint density at radius 3 is 2.76 bits per heavy atom. The van der Waals surface area contributed by atoms with Crippen LogP contribution in [0.2, 0.25) is 0 Å². The van der Waals surface area contributed by atoms with Crippen molar-refractivity contribution in [2.75, 3.05) is 31.6 Å². The summed E-state index contributed by atoms with van der Waals surface area (Å²) in [5.74, 6) is 0. The van der Waals surface area contributed by atoms with Gasteiger partial charge >= 0.3 is 0 Å². The first-order valence-corrected chi connectivity index (χ1v) is 7.95. The Balaban J connectivity index is 3.14. The third-order valence-corrected chi connectivity index (χ3v) is 4.44. The highest BCUT2D eigenvalue weighted by molar-refractivity contribution is 7.89. The average molecular weight is 323 g/mol. The van der Waals surface area contributed by atoms with Gasteiger partial charge in [0.25, 0.3) is 16.4 Å². The van der Waals surface area contributed by atoms with Gasteiger partial charge in [-0.25, -0.2) is 22.2 Å². The molecule has 9 heteroatoms. The van der Waals surface area contributed by atoms with Crippen LogP contribution >= 0.6 is 0 Å². The summed E-state index contributed by atoms with van der Waals surface area (Å²) in [6, 6.07) is 3.08. The Labute approximate surface area is 122 Å². The van der Waals surface area contributed by atoms with Gasteiger partial charge in [-0.2, -0.15) is 4.31 Å². The van der Waals surface area contributed by atoms with E-state index in [9.17, 15) is 17.2 Å². The van der Waals surface area contributed by atoms with Crippen LogP contribution in [0.5, 0.6) is 0 Å². The molecule has 0 aromatic carbocycles. The van der Waals surface area contributed by atoms with Gasteiger partial charge in [0.2, 0.25) is 0 Å². The second-order valence-corrected chi connectivity index (χ2v) is 6.11. The molecule has 0 amide bonds. The molecule has 0 atom stereocenters. The van der Waals surface area contributed by atoms with Crippen LogP contribution in [-0.4, -0.2) is 55.5 Å². The van der Waals surface area contributed by atoms with Gasteiger partial charge in [0.05, 0.1) is 18.8 Å². The fourth-order valence-electron chi connectivity index (χ4n) is 1.69.